The van der Waals surface area contributed by atoms with E-state index in [4.69, 9.17) is 16.5 Å². The second-order valence-corrected chi connectivity index (χ2v) is 32.8. The molecule has 0 aliphatic heterocycles. The molecule has 0 saturated heterocycles. The molecule has 0 aliphatic rings. The Morgan fingerprint density at radius 3 is 1.28 bits per heavy atom. The molecule has 0 saturated carbocycles. The molecule has 0 aliphatic carbocycles. The second-order valence-electron chi connectivity index (χ2n) is 13.5. The maximum absolute atomic E-state index is 14.0. The number of alkyl halides is 6. The highest BCUT2D eigenvalue weighted by Gasteiger charge is 2.58. The quantitative estimate of drug-likeness (QED) is 0.107. The van der Waals surface area contributed by atoms with E-state index in [-0.39, 0.29) is 13.2 Å². The van der Waals surface area contributed by atoms with E-state index < -0.39 is 79.6 Å². The normalized spacial score (nSPS) is 14.1. The van der Waals surface area contributed by atoms with Gasteiger partial charge in [-0.25, -0.2) is 0 Å². The van der Waals surface area contributed by atoms with Crippen molar-refractivity contribution in [3.63, 3.8) is 0 Å². The van der Waals surface area contributed by atoms with Crippen LogP contribution in [0.3, 0.4) is 0 Å². The van der Waals surface area contributed by atoms with Crippen molar-refractivity contribution in [2.75, 3.05) is 13.2 Å². The first-order chi connectivity index (χ1) is 21.6. The summed E-state index contributed by atoms with van der Waals surface area (Å²) in [6.45, 7) is 10.9. The van der Waals surface area contributed by atoms with E-state index in [2.05, 4.69) is 0 Å². The minimum Gasteiger partial charge on any atom is -0.436 e. The molecule has 268 valence electrons. The Kier molecular flexibility index (Phi) is 15.4. The molecule has 0 spiro atoms. The molecule has 0 atom stereocenters. The van der Waals surface area contributed by atoms with Crippen LogP contribution in [-0.2, 0) is 16.5 Å². The molecule has 0 aromatic heterocycles. The predicted octanol–water partition coefficient (Wildman–Crippen LogP) is 7.53. The molecule has 0 fully saturated rings. The molecule has 47 heavy (non-hydrogen) atoms. The fourth-order valence-electron chi connectivity index (χ4n) is 5.66. The third-order valence-electron chi connectivity index (χ3n) is 7.46. The number of hydrogen-bond acceptors (Lipinski definition) is 6. The third-order valence-corrected chi connectivity index (χ3v) is 28.4. The van der Waals surface area contributed by atoms with Crippen LogP contribution in [0.15, 0.2) is 60.7 Å². The fraction of sp³-hybridized carbons (Fsp3) is 0.600. The number of hydrogen-bond donors (Lipinski definition) is 2. The number of benzene rings is 2. The van der Waals surface area contributed by atoms with Gasteiger partial charge in [-0.05, 0) is 86.7 Å². The SMILES string of the molecule is C[Si](C)(CCCO)O[Si](C)(C)O[Si](O[Si](CCC(F)(F)F)(CCC(F)(F)F)O[Si](C)(C)CCCO)(c1ccccc1)c1ccccc1. The Morgan fingerprint density at radius 2 is 0.915 bits per heavy atom. The first kappa shape index (κ1) is 42.0. The highest BCUT2D eigenvalue weighted by molar-refractivity contribution is 7.03. The molecular formula is C30H50F6O6Si5. The summed E-state index contributed by atoms with van der Waals surface area (Å²) in [5.41, 5.74) is 0. The van der Waals surface area contributed by atoms with Crippen molar-refractivity contribution in [1.29, 1.82) is 0 Å². The third kappa shape index (κ3) is 14.7. The molecule has 0 radical (unpaired) electrons. The molecule has 17 heteroatoms. The van der Waals surface area contributed by atoms with Gasteiger partial charge in [-0.15, -0.1) is 0 Å². The number of aliphatic hydroxyl groups excluding tert-OH is 2. The summed E-state index contributed by atoms with van der Waals surface area (Å²) in [4.78, 5) is 0. The van der Waals surface area contributed by atoms with Gasteiger partial charge in [0.2, 0.25) is 0 Å². The van der Waals surface area contributed by atoms with E-state index in [0.29, 0.717) is 35.3 Å². The molecule has 0 bridgehead atoms. The van der Waals surface area contributed by atoms with Gasteiger partial charge in [-0.2, -0.15) is 26.3 Å². The summed E-state index contributed by atoms with van der Waals surface area (Å²) in [7, 11) is -17.4. The molecule has 0 amide bonds. The number of aliphatic hydroxyl groups is 2. The maximum Gasteiger partial charge on any atom is 0.389 e. The van der Waals surface area contributed by atoms with Gasteiger partial charge < -0.3 is 26.7 Å². The fourth-order valence-corrected chi connectivity index (χ4v) is 31.0. The first-order valence-corrected chi connectivity index (χ1v) is 28.9. The first-order valence-electron chi connectivity index (χ1n) is 15.8. The van der Waals surface area contributed by atoms with Gasteiger partial charge in [0, 0.05) is 26.1 Å². The summed E-state index contributed by atoms with van der Waals surface area (Å²) < 4.78 is 111. The molecular weight excluding hydrogens is 711 g/mol. The maximum atomic E-state index is 14.0. The topological polar surface area (TPSA) is 77.4 Å². The van der Waals surface area contributed by atoms with Gasteiger partial charge in [0.25, 0.3) is 0 Å². The van der Waals surface area contributed by atoms with Crippen LogP contribution in [-0.4, -0.2) is 78.1 Å². The van der Waals surface area contributed by atoms with E-state index in [1.54, 1.807) is 73.8 Å². The van der Waals surface area contributed by atoms with Crippen LogP contribution in [0.4, 0.5) is 26.3 Å². The standard InChI is InChI=1S/C30H50F6O6Si5/c1-43(2,23-13-21-37)39-45(5,6)41-47(27-15-9-7-10-16-27,28-17-11-8-12-18-28)42-46(25-19-29(31,32)33,26-20-30(34,35)36)40-44(3,4)24-14-22-38/h7-12,15-18,37-38H,13-14,19-26H2,1-6H3. The lowest BCUT2D eigenvalue weighted by atomic mass is 10.4. The molecule has 0 unspecified atom stereocenters. The van der Waals surface area contributed by atoms with Crippen LogP contribution >= 0.6 is 0 Å². The van der Waals surface area contributed by atoms with E-state index in [1.807, 2.05) is 26.2 Å². The molecule has 2 N–H and O–H groups in total. The lowest BCUT2D eigenvalue weighted by Crippen LogP contribution is -2.73. The summed E-state index contributed by atoms with van der Waals surface area (Å²) in [5.74, 6) is 0. The Hall–Kier alpha value is -1.14. The van der Waals surface area contributed by atoms with Crippen molar-refractivity contribution in [2.24, 2.45) is 0 Å². The van der Waals surface area contributed by atoms with Crippen molar-refractivity contribution >= 4 is 52.7 Å². The van der Waals surface area contributed by atoms with E-state index in [0.717, 1.165) is 0 Å². The van der Waals surface area contributed by atoms with Gasteiger partial charge in [0.1, 0.15) is 0 Å². The zero-order valence-corrected chi connectivity index (χ0v) is 33.1. The van der Waals surface area contributed by atoms with Gasteiger partial charge in [-0.1, -0.05) is 60.7 Å². The average molecular weight is 761 g/mol. The predicted molar refractivity (Wildman–Crippen MR) is 184 cm³/mol. The highest BCUT2D eigenvalue weighted by atomic mass is 28.5. The zero-order chi connectivity index (χ0) is 35.6. The summed E-state index contributed by atoms with van der Waals surface area (Å²) >= 11 is 0. The Bertz CT molecular complexity index is 1150. The molecule has 0 heterocycles. The van der Waals surface area contributed by atoms with Gasteiger partial charge >= 0.3 is 38.0 Å². The molecule has 2 aromatic carbocycles. The Balaban J connectivity index is 2.92. The van der Waals surface area contributed by atoms with Crippen LogP contribution < -0.4 is 10.4 Å². The van der Waals surface area contributed by atoms with E-state index >= 15 is 0 Å². The van der Waals surface area contributed by atoms with Gasteiger partial charge in [0.05, 0.1) is 0 Å². The second kappa shape index (κ2) is 17.2. The smallest absolute Gasteiger partial charge is 0.389 e. The minimum atomic E-state index is -4.68. The van der Waals surface area contributed by atoms with Gasteiger partial charge in [0.15, 0.2) is 16.6 Å². The minimum absolute atomic E-state index is 0.0156. The Morgan fingerprint density at radius 1 is 0.532 bits per heavy atom. The molecule has 6 nitrogen and oxygen atoms in total. The van der Waals surface area contributed by atoms with Crippen molar-refractivity contribution < 1.29 is 53.0 Å². The number of halogens is 6. The van der Waals surface area contributed by atoms with Crippen LogP contribution in [0.1, 0.15) is 25.7 Å². The van der Waals surface area contributed by atoms with Crippen LogP contribution in [0.25, 0.3) is 0 Å². The van der Waals surface area contributed by atoms with Gasteiger partial charge in [-0.3, -0.25) is 0 Å². The van der Waals surface area contributed by atoms with Crippen molar-refractivity contribution in [2.45, 2.75) is 101 Å². The number of rotatable bonds is 20. The zero-order valence-electron chi connectivity index (χ0n) is 28.1. The van der Waals surface area contributed by atoms with Crippen LogP contribution in [0, 0.1) is 0 Å². The lowest BCUT2D eigenvalue weighted by Gasteiger charge is -2.47. The van der Waals surface area contributed by atoms with E-state index in [9.17, 15) is 36.6 Å². The summed E-state index contributed by atoms with van der Waals surface area (Å²) in [6.07, 6.45) is -11.3. The molecule has 2 rings (SSSR count). The molecule has 2 aromatic rings. The van der Waals surface area contributed by atoms with Crippen molar-refractivity contribution in [3.05, 3.63) is 60.7 Å². The lowest BCUT2D eigenvalue weighted by molar-refractivity contribution is -0.133. The highest BCUT2D eigenvalue weighted by Crippen LogP contribution is 2.39. The van der Waals surface area contributed by atoms with E-state index in [1.165, 1.54) is 0 Å². The van der Waals surface area contributed by atoms with Crippen LogP contribution in [0.5, 0.6) is 0 Å². The summed E-state index contributed by atoms with van der Waals surface area (Å²) in [5, 5.41) is 20.0. The Labute approximate surface area is 280 Å². The largest absolute Gasteiger partial charge is 0.436 e. The monoisotopic (exact) mass is 760 g/mol. The van der Waals surface area contributed by atoms with Crippen molar-refractivity contribution in [1.82, 2.24) is 0 Å². The average Bonchev–Trinajstić information content (AvgIpc) is 2.96. The van der Waals surface area contributed by atoms with Crippen molar-refractivity contribution in [3.8, 4) is 0 Å². The summed E-state index contributed by atoms with van der Waals surface area (Å²) in [6, 6.07) is 16.8. The van der Waals surface area contributed by atoms with Crippen LogP contribution in [0.2, 0.25) is 63.5 Å².